The molecule has 0 saturated heterocycles. The molecule has 4 aromatic rings. The van der Waals surface area contributed by atoms with Crippen LogP contribution >= 0.6 is 11.3 Å². The first-order chi connectivity index (χ1) is 14.3. The number of nitrogens with zero attached hydrogens (tertiary/aromatic N) is 2. The van der Waals surface area contributed by atoms with Crippen LogP contribution in [0.1, 0.15) is 15.2 Å². The van der Waals surface area contributed by atoms with Crippen molar-refractivity contribution in [3.63, 3.8) is 0 Å². The average Bonchev–Trinajstić information content (AvgIpc) is 3.07. The highest BCUT2D eigenvalue weighted by Crippen LogP contribution is 2.35. The van der Waals surface area contributed by atoms with Gasteiger partial charge in [-0.25, -0.2) is 18.1 Å². The van der Waals surface area contributed by atoms with Crippen molar-refractivity contribution in [3.8, 4) is 11.1 Å². The lowest BCUT2D eigenvalue weighted by atomic mass is 10.0. The highest BCUT2D eigenvalue weighted by Gasteiger charge is 2.18. The molecule has 1 N–H and O–H groups in total. The average molecular weight is 440 g/mol. The summed E-state index contributed by atoms with van der Waals surface area (Å²) in [4.78, 5) is 31.7. The number of fused-ring (bicyclic) bond motifs is 1. The van der Waals surface area contributed by atoms with Crippen LogP contribution in [0.15, 0.2) is 70.6 Å². The molecule has 0 saturated carbocycles. The maximum Gasteiger partial charge on any atom is 0.281 e. The number of aromatic nitrogens is 2. The summed E-state index contributed by atoms with van der Waals surface area (Å²) in [6.07, 6.45) is 2.32. The van der Waals surface area contributed by atoms with Gasteiger partial charge < -0.3 is 0 Å². The maximum atomic E-state index is 13.1. The van der Waals surface area contributed by atoms with Gasteiger partial charge in [-0.3, -0.25) is 15.0 Å². The zero-order valence-corrected chi connectivity index (χ0v) is 17.8. The summed E-state index contributed by atoms with van der Waals surface area (Å²) in [7, 11) is -3.46. The molecule has 152 valence electrons. The Kier molecular flexibility index (Phi) is 5.00. The predicted molar refractivity (Wildman–Crippen MR) is 117 cm³/mol. The lowest BCUT2D eigenvalue weighted by molar-refractivity contribution is 0.101. The van der Waals surface area contributed by atoms with Crippen LogP contribution in [0, 0.1) is 6.92 Å². The van der Waals surface area contributed by atoms with E-state index in [1.807, 2.05) is 37.3 Å². The van der Waals surface area contributed by atoms with Crippen LogP contribution in [0.3, 0.4) is 0 Å². The lowest BCUT2D eigenvalue weighted by Gasteiger charge is -2.09. The van der Waals surface area contributed by atoms with E-state index in [-0.39, 0.29) is 10.5 Å². The van der Waals surface area contributed by atoms with Crippen molar-refractivity contribution in [2.24, 2.45) is 0 Å². The first kappa shape index (κ1) is 20.0. The molecule has 0 spiro atoms. The fourth-order valence-electron chi connectivity index (χ4n) is 3.18. The number of carbonyl (C=O) groups excluding carboxylic acids is 1. The van der Waals surface area contributed by atoms with Crippen LogP contribution in [0.2, 0.25) is 0 Å². The normalized spacial score (nSPS) is 11.5. The topological polar surface area (TPSA) is 98.1 Å². The molecular formula is C21H17N3O4S2. The Morgan fingerprint density at radius 3 is 2.53 bits per heavy atom. The molecule has 2 aromatic heterocycles. The van der Waals surface area contributed by atoms with E-state index < -0.39 is 21.3 Å². The van der Waals surface area contributed by atoms with E-state index in [1.165, 1.54) is 41.9 Å². The minimum absolute atomic E-state index is 0.0240. The van der Waals surface area contributed by atoms with E-state index in [2.05, 4.69) is 10.4 Å². The lowest BCUT2D eigenvalue weighted by Crippen LogP contribution is -2.33. The number of amides is 1. The third-order valence-electron chi connectivity index (χ3n) is 4.60. The van der Waals surface area contributed by atoms with Gasteiger partial charge in [-0.1, -0.05) is 36.4 Å². The molecule has 30 heavy (non-hydrogen) atoms. The van der Waals surface area contributed by atoms with Crippen molar-refractivity contribution in [2.45, 2.75) is 11.8 Å². The third-order valence-corrected chi connectivity index (χ3v) is 6.72. The van der Waals surface area contributed by atoms with Gasteiger partial charge in [-0.2, -0.15) is 0 Å². The summed E-state index contributed by atoms with van der Waals surface area (Å²) < 4.78 is 24.5. The number of thiophene rings is 1. The molecule has 7 nitrogen and oxygen atoms in total. The van der Waals surface area contributed by atoms with Gasteiger partial charge in [0.1, 0.15) is 11.2 Å². The summed E-state index contributed by atoms with van der Waals surface area (Å²) in [5.74, 6) is -0.614. The quantitative estimate of drug-likeness (QED) is 0.526. The molecule has 0 unspecified atom stereocenters. The number of sulfone groups is 1. The Balaban J connectivity index is 1.77. The van der Waals surface area contributed by atoms with Crippen LogP contribution in [0.25, 0.3) is 21.3 Å². The van der Waals surface area contributed by atoms with Crippen molar-refractivity contribution < 1.29 is 13.2 Å². The number of aryl methyl sites for hydroxylation is 1. The third kappa shape index (κ3) is 3.64. The summed E-state index contributed by atoms with van der Waals surface area (Å²) in [6.45, 7) is 1.92. The minimum Gasteiger partial charge on any atom is -0.267 e. The molecule has 9 heteroatoms. The molecular weight excluding hydrogens is 422 g/mol. The fourth-order valence-corrected chi connectivity index (χ4v) is 4.85. The minimum atomic E-state index is -3.46. The highest BCUT2D eigenvalue weighted by molar-refractivity contribution is 7.90. The van der Waals surface area contributed by atoms with Crippen molar-refractivity contribution in [3.05, 3.63) is 81.7 Å². The number of hydrogen-bond donors (Lipinski definition) is 1. The number of hydrogen-bond acceptors (Lipinski definition) is 6. The number of benzene rings is 2. The molecule has 0 aliphatic carbocycles. The summed E-state index contributed by atoms with van der Waals surface area (Å²) in [5, 5.41) is 0.427. The SMILES string of the molecule is Cc1sc2ncn(NC(=O)c3cccc(S(C)(=O)=O)c3)c(=O)c2c1-c1ccccc1. The molecule has 4 rings (SSSR count). The van der Waals surface area contributed by atoms with Gasteiger partial charge in [0.25, 0.3) is 11.5 Å². The molecule has 1 amide bonds. The highest BCUT2D eigenvalue weighted by atomic mass is 32.2. The summed E-state index contributed by atoms with van der Waals surface area (Å²) in [6, 6.07) is 15.2. The van der Waals surface area contributed by atoms with Gasteiger partial charge >= 0.3 is 0 Å². The van der Waals surface area contributed by atoms with E-state index >= 15 is 0 Å². The van der Waals surface area contributed by atoms with Crippen LogP contribution in [-0.4, -0.2) is 30.2 Å². The van der Waals surface area contributed by atoms with E-state index in [0.717, 1.165) is 26.9 Å². The fraction of sp³-hybridized carbons (Fsp3) is 0.0952. The molecule has 0 radical (unpaired) electrons. The van der Waals surface area contributed by atoms with Crippen LogP contribution in [0.4, 0.5) is 0 Å². The predicted octanol–water partition coefficient (Wildman–Crippen LogP) is 3.22. The van der Waals surface area contributed by atoms with Crippen molar-refractivity contribution >= 4 is 37.3 Å². The Hall–Kier alpha value is -3.30. The molecule has 2 heterocycles. The standard InChI is InChI=1S/C21H17N3O4S2/c1-13-17(14-7-4-3-5-8-14)18-20(29-13)22-12-24(21(18)26)23-19(25)15-9-6-10-16(11-15)30(2,27)28/h3-12H,1-2H3,(H,23,25). The zero-order chi connectivity index (χ0) is 21.5. The van der Waals surface area contributed by atoms with E-state index in [1.54, 1.807) is 0 Å². The van der Waals surface area contributed by atoms with Crippen molar-refractivity contribution in [2.75, 3.05) is 11.7 Å². The number of rotatable bonds is 4. The number of nitrogens with one attached hydrogen (secondary N) is 1. The Morgan fingerprint density at radius 2 is 1.83 bits per heavy atom. The van der Waals surface area contributed by atoms with Crippen LogP contribution < -0.4 is 11.0 Å². The molecule has 0 aliphatic rings. The van der Waals surface area contributed by atoms with Gasteiger partial charge in [0.2, 0.25) is 0 Å². The van der Waals surface area contributed by atoms with Gasteiger partial charge in [0, 0.05) is 22.3 Å². The molecule has 0 bridgehead atoms. The second kappa shape index (κ2) is 7.51. The van der Waals surface area contributed by atoms with Gasteiger partial charge in [-0.15, -0.1) is 11.3 Å². The second-order valence-electron chi connectivity index (χ2n) is 6.74. The molecule has 0 fully saturated rings. The number of carbonyl (C=O) groups is 1. The van der Waals surface area contributed by atoms with E-state index in [9.17, 15) is 18.0 Å². The monoisotopic (exact) mass is 439 g/mol. The molecule has 2 aromatic carbocycles. The van der Waals surface area contributed by atoms with E-state index in [4.69, 9.17) is 0 Å². The van der Waals surface area contributed by atoms with Crippen molar-refractivity contribution in [1.29, 1.82) is 0 Å². The van der Waals surface area contributed by atoms with Gasteiger partial charge in [0.05, 0.1) is 10.3 Å². The Labute approximate surface area is 176 Å². The smallest absolute Gasteiger partial charge is 0.267 e. The maximum absolute atomic E-state index is 13.1. The molecule has 0 aliphatic heterocycles. The van der Waals surface area contributed by atoms with E-state index in [0.29, 0.717) is 10.2 Å². The summed E-state index contributed by atoms with van der Waals surface area (Å²) in [5.41, 5.74) is 3.89. The second-order valence-corrected chi connectivity index (χ2v) is 9.96. The van der Waals surface area contributed by atoms with Crippen LogP contribution in [0.5, 0.6) is 0 Å². The summed E-state index contributed by atoms with van der Waals surface area (Å²) >= 11 is 1.41. The van der Waals surface area contributed by atoms with Gasteiger partial charge in [0.15, 0.2) is 9.84 Å². The molecule has 0 atom stereocenters. The van der Waals surface area contributed by atoms with Crippen LogP contribution in [-0.2, 0) is 9.84 Å². The first-order valence-corrected chi connectivity index (χ1v) is 11.6. The Morgan fingerprint density at radius 1 is 1.10 bits per heavy atom. The Bertz CT molecular complexity index is 1440. The van der Waals surface area contributed by atoms with Gasteiger partial charge in [-0.05, 0) is 30.7 Å². The first-order valence-electron chi connectivity index (χ1n) is 8.93. The zero-order valence-electron chi connectivity index (χ0n) is 16.1. The largest absolute Gasteiger partial charge is 0.281 e. The van der Waals surface area contributed by atoms with Crippen molar-refractivity contribution in [1.82, 2.24) is 9.66 Å².